The number of aromatic amines is 1. The van der Waals surface area contributed by atoms with Crippen molar-refractivity contribution in [1.82, 2.24) is 24.8 Å². The summed E-state index contributed by atoms with van der Waals surface area (Å²) < 4.78 is 0. The van der Waals surface area contributed by atoms with E-state index < -0.39 is 6.04 Å². The van der Waals surface area contributed by atoms with Crippen LogP contribution in [-0.2, 0) is 9.59 Å². The molecule has 30 heavy (non-hydrogen) atoms. The van der Waals surface area contributed by atoms with Gasteiger partial charge in [-0.25, -0.2) is 9.97 Å². The SMILES string of the molecule is CC(C(=O)N1CCC(c2cc3nc(N(C)C)ncc3c(=O)[nH]2)CC1)N1CCCC1=O. The van der Waals surface area contributed by atoms with E-state index in [4.69, 9.17) is 0 Å². The maximum absolute atomic E-state index is 12.9. The van der Waals surface area contributed by atoms with Crippen molar-refractivity contribution < 1.29 is 9.59 Å². The molecule has 1 N–H and O–H groups in total. The van der Waals surface area contributed by atoms with Crippen LogP contribution in [0.15, 0.2) is 17.1 Å². The highest BCUT2D eigenvalue weighted by Gasteiger charge is 2.33. The van der Waals surface area contributed by atoms with Crippen LogP contribution in [0.5, 0.6) is 0 Å². The van der Waals surface area contributed by atoms with Crippen LogP contribution >= 0.6 is 0 Å². The van der Waals surface area contributed by atoms with Crippen molar-refractivity contribution in [3.63, 3.8) is 0 Å². The van der Waals surface area contributed by atoms with E-state index in [1.54, 1.807) is 16.0 Å². The molecule has 1 atom stereocenters. The zero-order valence-corrected chi connectivity index (χ0v) is 17.7. The van der Waals surface area contributed by atoms with Gasteiger partial charge < -0.3 is 19.7 Å². The third-order valence-electron chi connectivity index (χ3n) is 6.18. The summed E-state index contributed by atoms with van der Waals surface area (Å²) in [5, 5.41) is 0.473. The summed E-state index contributed by atoms with van der Waals surface area (Å²) in [6.45, 7) is 3.71. The Hall–Kier alpha value is -2.97. The number of likely N-dealkylation sites (tertiary alicyclic amines) is 2. The highest BCUT2D eigenvalue weighted by molar-refractivity contribution is 5.88. The first-order valence-corrected chi connectivity index (χ1v) is 10.5. The summed E-state index contributed by atoms with van der Waals surface area (Å²) in [5.74, 6) is 0.801. The minimum atomic E-state index is -0.404. The van der Waals surface area contributed by atoms with Gasteiger partial charge in [0.1, 0.15) is 6.04 Å². The van der Waals surface area contributed by atoms with Crippen molar-refractivity contribution in [2.75, 3.05) is 38.6 Å². The Morgan fingerprint density at radius 1 is 1.23 bits per heavy atom. The first-order valence-electron chi connectivity index (χ1n) is 10.5. The molecule has 9 heteroatoms. The number of rotatable bonds is 4. The Labute approximate surface area is 175 Å². The largest absolute Gasteiger partial charge is 0.347 e. The van der Waals surface area contributed by atoms with Crippen LogP contribution in [0.4, 0.5) is 5.95 Å². The van der Waals surface area contributed by atoms with Gasteiger partial charge >= 0.3 is 0 Å². The number of nitrogens with one attached hydrogen (secondary N) is 1. The van der Waals surface area contributed by atoms with Gasteiger partial charge in [-0.15, -0.1) is 0 Å². The average molecular weight is 412 g/mol. The van der Waals surface area contributed by atoms with Gasteiger partial charge in [-0.2, -0.15) is 0 Å². The fraction of sp³-hybridized carbons (Fsp3) is 0.571. The molecule has 2 amide bonds. The third kappa shape index (κ3) is 3.76. The van der Waals surface area contributed by atoms with Gasteiger partial charge in [0.25, 0.3) is 5.56 Å². The van der Waals surface area contributed by atoms with E-state index in [2.05, 4.69) is 15.0 Å². The Kier molecular flexibility index (Phi) is 5.44. The molecule has 9 nitrogen and oxygen atoms in total. The van der Waals surface area contributed by atoms with Crippen LogP contribution in [0.3, 0.4) is 0 Å². The van der Waals surface area contributed by atoms with Crippen LogP contribution in [0.25, 0.3) is 10.9 Å². The number of aromatic nitrogens is 3. The van der Waals surface area contributed by atoms with Crippen LogP contribution in [0, 0.1) is 0 Å². The zero-order chi connectivity index (χ0) is 21.4. The summed E-state index contributed by atoms with van der Waals surface area (Å²) in [6, 6.07) is 1.53. The van der Waals surface area contributed by atoms with Crippen molar-refractivity contribution in [1.29, 1.82) is 0 Å². The summed E-state index contributed by atoms with van der Waals surface area (Å²) in [7, 11) is 3.72. The van der Waals surface area contributed by atoms with Crippen molar-refractivity contribution in [3.8, 4) is 0 Å². The summed E-state index contributed by atoms with van der Waals surface area (Å²) in [6.07, 6.45) is 4.45. The minimum absolute atomic E-state index is 0.0130. The molecule has 4 heterocycles. The molecule has 0 aromatic carbocycles. The fourth-order valence-corrected chi connectivity index (χ4v) is 4.37. The summed E-state index contributed by atoms with van der Waals surface area (Å²) in [5.41, 5.74) is 1.30. The van der Waals surface area contributed by atoms with Crippen LogP contribution in [0.2, 0.25) is 0 Å². The molecule has 0 saturated carbocycles. The maximum atomic E-state index is 12.9. The lowest BCUT2D eigenvalue weighted by Gasteiger charge is -2.35. The van der Waals surface area contributed by atoms with Gasteiger partial charge in [0.15, 0.2) is 0 Å². The molecule has 160 valence electrons. The van der Waals surface area contributed by atoms with E-state index >= 15 is 0 Å². The van der Waals surface area contributed by atoms with Crippen molar-refractivity contribution in [2.24, 2.45) is 0 Å². The normalized spacial score (nSPS) is 18.8. The molecule has 4 rings (SSSR count). The zero-order valence-electron chi connectivity index (χ0n) is 17.7. The summed E-state index contributed by atoms with van der Waals surface area (Å²) in [4.78, 5) is 54.4. The molecule has 2 saturated heterocycles. The molecule has 2 aliphatic heterocycles. The topological polar surface area (TPSA) is 102 Å². The number of hydrogen-bond donors (Lipinski definition) is 1. The van der Waals surface area contributed by atoms with Crippen molar-refractivity contribution in [3.05, 3.63) is 28.3 Å². The molecule has 0 aliphatic carbocycles. The summed E-state index contributed by atoms with van der Waals surface area (Å²) >= 11 is 0. The van der Waals surface area contributed by atoms with Gasteiger partial charge in [0, 0.05) is 58.0 Å². The number of carbonyl (C=O) groups is 2. The molecule has 2 aromatic rings. The maximum Gasteiger partial charge on any atom is 0.259 e. The first-order chi connectivity index (χ1) is 14.3. The van der Waals surface area contributed by atoms with E-state index in [9.17, 15) is 14.4 Å². The van der Waals surface area contributed by atoms with Gasteiger partial charge in [-0.05, 0) is 32.3 Å². The number of nitrogens with zero attached hydrogens (tertiary/aromatic N) is 5. The van der Waals surface area contributed by atoms with Crippen LogP contribution in [0.1, 0.15) is 44.2 Å². The lowest BCUT2D eigenvalue weighted by atomic mass is 9.92. The third-order valence-corrected chi connectivity index (χ3v) is 6.18. The van der Waals surface area contributed by atoms with Crippen LogP contribution < -0.4 is 10.5 Å². The monoisotopic (exact) mass is 412 g/mol. The predicted molar refractivity (Wildman–Crippen MR) is 113 cm³/mol. The number of H-pyrrole nitrogens is 1. The lowest BCUT2D eigenvalue weighted by molar-refractivity contribution is -0.143. The van der Waals surface area contributed by atoms with E-state index in [0.717, 1.165) is 25.0 Å². The van der Waals surface area contributed by atoms with Crippen molar-refractivity contribution in [2.45, 2.75) is 44.6 Å². The molecule has 2 aliphatic rings. The number of piperidine rings is 1. The molecule has 2 fully saturated rings. The minimum Gasteiger partial charge on any atom is -0.347 e. The molecular weight excluding hydrogens is 384 g/mol. The van der Waals surface area contributed by atoms with E-state index in [1.165, 1.54) is 0 Å². The van der Waals surface area contributed by atoms with Crippen molar-refractivity contribution >= 4 is 28.7 Å². The highest BCUT2D eigenvalue weighted by Crippen LogP contribution is 2.28. The predicted octanol–water partition coefficient (Wildman–Crippen LogP) is 1.10. The number of pyridine rings is 1. The molecule has 1 unspecified atom stereocenters. The molecule has 0 radical (unpaired) electrons. The second-order valence-corrected chi connectivity index (χ2v) is 8.38. The first kappa shape index (κ1) is 20.3. The molecule has 0 bridgehead atoms. The average Bonchev–Trinajstić information content (AvgIpc) is 3.18. The second-order valence-electron chi connectivity index (χ2n) is 8.38. The van der Waals surface area contributed by atoms with E-state index in [1.807, 2.05) is 32.0 Å². The van der Waals surface area contributed by atoms with E-state index in [0.29, 0.717) is 42.9 Å². The van der Waals surface area contributed by atoms with Gasteiger partial charge in [0.2, 0.25) is 17.8 Å². The Balaban J connectivity index is 1.47. The lowest BCUT2D eigenvalue weighted by Crippen LogP contribution is -2.49. The van der Waals surface area contributed by atoms with Gasteiger partial charge in [-0.3, -0.25) is 14.4 Å². The Morgan fingerprint density at radius 2 is 1.97 bits per heavy atom. The number of anilines is 1. The fourth-order valence-electron chi connectivity index (χ4n) is 4.37. The molecule has 0 spiro atoms. The number of fused-ring (bicyclic) bond motifs is 1. The van der Waals surface area contributed by atoms with Crippen LogP contribution in [-0.4, -0.2) is 76.3 Å². The smallest absolute Gasteiger partial charge is 0.259 e. The van der Waals surface area contributed by atoms with E-state index in [-0.39, 0.29) is 23.3 Å². The number of hydrogen-bond acceptors (Lipinski definition) is 6. The Bertz CT molecular complexity index is 1030. The standard InChI is InChI=1S/C21H28N6O3/c1-13(27-8-4-5-18(27)28)20(30)26-9-6-14(7-10-26)16-11-17-15(19(29)23-16)12-22-21(24-17)25(2)3/h11-14H,4-10H2,1-3H3,(H,23,29). The second kappa shape index (κ2) is 8.04. The number of amides is 2. The Morgan fingerprint density at radius 3 is 2.60 bits per heavy atom. The van der Waals surface area contributed by atoms with Gasteiger partial charge in [-0.1, -0.05) is 0 Å². The molecule has 2 aromatic heterocycles. The quantitative estimate of drug-likeness (QED) is 0.807. The molecular formula is C21H28N6O3. The van der Waals surface area contributed by atoms with Gasteiger partial charge in [0.05, 0.1) is 10.9 Å². The highest BCUT2D eigenvalue weighted by atomic mass is 16.2. The number of carbonyl (C=O) groups excluding carboxylic acids is 2.